The molecule has 0 radical (unpaired) electrons. The summed E-state index contributed by atoms with van der Waals surface area (Å²) in [6, 6.07) is 15.5. The molecule has 0 saturated carbocycles. The summed E-state index contributed by atoms with van der Waals surface area (Å²) in [5.74, 6) is -0.351. The molecule has 0 aromatic heterocycles. The number of β-lactam (4-membered cyclic amide) rings is 1. The van der Waals surface area contributed by atoms with Crippen LogP contribution in [0.25, 0.3) is 0 Å². The van der Waals surface area contributed by atoms with Crippen LogP contribution in [0.4, 0.5) is 5.69 Å². The van der Waals surface area contributed by atoms with Gasteiger partial charge >= 0.3 is 0 Å². The summed E-state index contributed by atoms with van der Waals surface area (Å²) in [5, 5.41) is -0.375. The Morgan fingerprint density at radius 3 is 2.25 bits per heavy atom. The third-order valence-corrected chi connectivity index (χ3v) is 6.06. The number of carbonyl (C=O) groups excluding carboxylic acids is 1. The maximum absolute atomic E-state index is 12.4. The lowest BCUT2D eigenvalue weighted by Gasteiger charge is -2.44. The van der Waals surface area contributed by atoms with Gasteiger partial charge in [-0.3, -0.25) is 9.69 Å². The summed E-state index contributed by atoms with van der Waals surface area (Å²) >= 11 is 1.38. The van der Waals surface area contributed by atoms with Gasteiger partial charge in [0.05, 0.1) is 4.90 Å². The molecular weight excluding hydrogens is 346 g/mol. The van der Waals surface area contributed by atoms with Crippen LogP contribution in [0.15, 0.2) is 59.5 Å². The molecule has 2 aromatic carbocycles. The van der Waals surface area contributed by atoms with Gasteiger partial charge in [-0.1, -0.05) is 35.9 Å². The van der Waals surface area contributed by atoms with Gasteiger partial charge < -0.3 is 0 Å². The fraction of sp³-hybridized carbons (Fsp3) is 0.235. The number of hydrogen-bond donors (Lipinski definition) is 0. The molecule has 0 bridgehead atoms. The highest BCUT2D eigenvalue weighted by Gasteiger charge is 2.51. The molecule has 1 amide bonds. The highest BCUT2D eigenvalue weighted by atomic mass is 32.2. The van der Waals surface area contributed by atoms with Crippen LogP contribution < -0.4 is 4.90 Å². The van der Waals surface area contributed by atoms with Crippen molar-refractivity contribution in [2.45, 2.75) is 23.3 Å². The molecule has 5 nitrogen and oxygen atoms in total. The van der Waals surface area contributed by atoms with Crippen LogP contribution in [0.2, 0.25) is 0 Å². The summed E-state index contributed by atoms with van der Waals surface area (Å²) in [4.78, 5) is 14.0. The largest absolute Gasteiger partial charge is 0.297 e. The number of nitrogens with zero attached hydrogens (tertiary/aromatic N) is 1. The topological polar surface area (TPSA) is 63.7 Å². The zero-order valence-electron chi connectivity index (χ0n) is 13.2. The standard InChI is InChI=1S/C17H17NO4S2/c1-12-8-10-14(11-9-12)24(20,21)22-15-16(19)18(17(15)23-2)13-6-4-3-5-7-13/h3-11,15,17H,1-2H3/t15-,17+/m0/s1. The summed E-state index contributed by atoms with van der Waals surface area (Å²) in [6.07, 6.45) is 0.813. The summed E-state index contributed by atoms with van der Waals surface area (Å²) in [7, 11) is -3.98. The molecule has 2 aromatic rings. The molecule has 0 N–H and O–H groups in total. The van der Waals surface area contributed by atoms with Gasteiger partial charge in [-0.2, -0.15) is 8.42 Å². The Balaban J connectivity index is 1.81. The van der Waals surface area contributed by atoms with Gasteiger partial charge in [0.2, 0.25) is 0 Å². The molecule has 126 valence electrons. The zero-order valence-corrected chi connectivity index (χ0v) is 14.9. The lowest BCUT2D eigenvalue weighted by molar-refractivity contribution is -0.131. The lowest BCUT2D eigenvalue weighted by atomic mass is 10.1. The number of para-hydroxylation sites is 1. The van der Waals surface area contributed by atoms with Crippen LogP contribution in [0.1, 0.15) is 5.56 Å². The Labute approximate surface area is 145 Å². The second kappa shape index (κ2) is 6.58. The van der Waals surface area contributed by atoms with Crippen LogP contribution in [-0.4, -0.2) is 32.1 Å². The summed E-state index contributed by atoms with van der Waals surface area (Å²) in [5.41, 5.74) is 1.68. The molecule has 0 spiro atoms. The molecule has 1 aliphatic heterocycles. The number of benzene rings is 2. The number of aryl methyl sites for hydroxylation is 1. The number of anilines is 1. The Kier molecular flexibility index (Phi) is 4.67. The SMILES string of the molecule is CS[C@@H]1[C@@H](OS(=O)(=O)c2ccc(C)cc2)C(=O)N1c1ccccc1. The minimum Gasteiger partial charge on any atom is -0.294 e. The zero-order chi connectivity index (χ0) is 17.3. The molecule has 0 unspecified atom stereocenters. The molecule has 3 rings (SSSR count). The van der Waals surface area contributed by atoms with Crippen molar-refractivity contribution in [3.63, 3.8) is 0 Å². The van der Waals surface area contributed by atoms with E-state index in [1.165, 1.54) is 23.9 Å². The predicted octanol–water partition coefficient (Wildman–Crippen LogP) is 2.80. The van der Waals surface area contributed by atoms with Gasteiger partial charge in [0.1, 0.15) is 5.37 Å². The van der Waals surface area contributed by atoms with Crippen LogP contribution in [0.5, 0.6) is 0 Å². The van der Waals surface area contributed by atoms with Crippen molar-refractivity contribution in [3.05, 3.63) is 60.2 Å². The highest BCUT2D eigenvalue weighted by molar-refractivity contribution is 7.99. The molecule has 1 heterocycles. The van der Waals surface area contributed by atoms with E-state index in [2.05, 4.69) is 0 Å². The Bertz CT molecular complexity index is 835. The molecule has 1 saturated heterocycles. The Morgan fingerprint density at radius 1 is 1.04 bits per heavy atom. The third kappa shape index (κ3) is 3.07. The van der Waals surface area contributed by atoms with E-state index >= 15 is 0 Å². The van der Waals surface area contributed by atoms with Gasteiger partial charge in [-0.15, -0.1) is 11.8 Å². The Morgan fingerprint density at radius 2 is 1.67 bits per heavy atom. The molecule has 7 heteroatoms. The second-order valence-corrected chi connectivity index (χ2v) is 7.98. The first-order chi connectivity index (χ1) is 11.4. The Hall–Kier alpha value is -1.83. The summed E-state index contributed by atoms with van der Waals surface area (Å²) in [6.45, 7) is 1.87. The van der Waals surface area contributed by atoms with E-state index in [1.807, 2.05) is 43.5 Å². The molecular formula is C17H17NO4S2. The number of thioether (sulfide) groups is 1. The van der Waals surface area contributed by atoms with Gasteiger partial charge in [0.25, 0.3) is 16.0 Å². The third-order valence-electron chi connectivity index (χ3n) is 3.81. The van der Waals surface area contributed by atoms with E-state index in [9.17, 15) is 13.2 Å². The number of rotatable bonds is 5. The molecule has 0 aliphatic carbocycles. The predicted molar refractivity (Wildman–Crippen MR) is 94.5 cm³/mol. The van der Waals surface area contributed by atoms with E-state index < -0.39 is 16.2 Å². The van der Waals surface area contributed by atoms with Crippen molar-refractivity contribution in [2.75, 3.05) is 11.2 Å². The quantitative estimate of drug-likeness (QED) is 0.604. The van der Waals surface area contributed by atoms with Crippen molar-refractivity contribution in [1.82, 2.24) is 0 Å². The minimum atomic E-state index is -3.98. The molecule has 24 heavy (non-hydrogen) atoms. The van der Waals surface area contributed by atoms with Crippen molar-refractivity contribution in [3.8, 4) is 0 Å². The number of amides is 1. The molecule has 1 fully saturated rings. The van der Waals surface area contributed by atoms with Gasteiger partial charge in [0.15, 0.2) is 6.10 Å². The average molecular weight is 363 g/mol. The van der Waals surface area contributed by atoms with E-state index in [0.717, 1.165) is 11.3 Å². The number of carbonyl (C=O) groups is 1. The van der Waals surface area contributed by atoms with E-state index in [1.54, 1.807) is 17.0 Å². The fourth-order valence-corrected chi connectivity index (χ4v) is 4.48. The lowest BCUT2D eigenvalue weighted by Crippen LogP contribution is -2.65. The summed E-state index contributed by atoms with van der Waals surface area (Å²) < 4.78 is 30.0. The highest BCUT2D eigenvalue weighted by Crippen LogP contribution is 2.36. The van der Waals surface area contributed by atoms with Gasteiger partial charge in [-0.05, 0) is 37.4 Å². The first kappa shape index (κ1) is 17.0. The smallest absolute Gasteiger partial charge is 0.294 e. The second-order valence-electron chi connectivity index (χ2n) is 5.45. The van der Waals surface area contributed by atoms with Crippen molar-refractivity contribution >= 4 is 33.5 Å². The van der Waals surface area contributed by atoms with Gasteiger partial charge in [-0.25, -0.2) is 4.18 Å². The first-order valence-electron chi connectivity index (χ1n) is 7.35. The van der Waals surface area contributed by atoms with E-state index in [-0.39, 0.29) is 16.2 Å². The van der Waals surface area contributed by atoms with Crippen LogP contribution in [-0.2, 0) is 19.1 Å². The van der Waals surface area contributed by atoms with Crippen LogP contribution in [0, 0.1) is 6.92 Å². The monoisotopic (exact) mass is 363 g/mol. The fourth-order valence-electron chi connectivity index (χ4n) is 2.52. The van der Waals surface area contributed by atoms with Crippen LogP contribution in [0.3, 0.4) is 0 Å². The first-order valence-corrected chi connectivity index (χ1v) is 10.0. The maximum Gasteiger partial charge on any atom is 0.297 e. The van der Waals surface area contributed by atoms with Crippen molar-refractivity contribution in [2.24, 2.45) is 0 Å². The van der Waals surface area contributed by atoms with E-state index in [0.29, 0.717) is 0 Å². The van der Waals surface area contributed by atoms with Crippen molar-refractivity contribution in [1.29, 1.82) is 0 Å². The van der Waals surface area contributed by atoms with Gasteiger partial charge in [0, 0.05) is 5.69 Å². The van der Waals surface area contributed by atoms with Crippen LogP contribution >= 0.6 is 11.8 Å². The minimum absolute atomic E-state index is 0.0546. The maximum atomic E-state index is 12.4. The van der Waals surface area contributed by atoms with E-state index in [4.69, 9.17) is 4.18 Å². The normalized spacial score (nSPS) is 20.8. The molecule has 1 aliphatic rings. The average Bonchev–Trinajstić information content (AvgIpc) is 2.58. The number of hydrogen-bond acceptors (Lipinski definition) is 5. The molecule has 2 atom stereocenters. The van der Waals surface area contributed by atoms with Crippen molar-refractivity contribution < 1.29 is 17.4 Å².